The van der Waals surface area contributed by atoms with Gasteiger partial charge in [-0.05, 0) is 58.1 Å². The Morgan fingerprint density at radius 3 is 2.51 bits per heavy atom. The van der Waals surface area contributed by atoms with Crippen LogP contribution in [0.1, 0.15) is 72.7 Å². The van der Waals surface area contributed by atoms with Gasteiger partial charge in [0.1, 0.15) is 11.6 Å². The fourth-order valence-electron chi connectivity index (χ4n) is 4.09. The second-order valence-electron chi connectivity index (χ2n) is 9.76. The van der Waals surface area contributed by atoms with Crippen molar-refractivity contribution in [2.24, 2.45) is 0 Å². The summed E-state index contributed by atoms with van der Waals surface area (Å²) in [5, 5.41) is 2.20. The topological polar surface area (TPSA) is 122 Å². The molecular weight excluding hydrogens is 454 g/mol. The summed E-state index contributed by atoms with van der Waals surface area (Å²) in [7, 11) is 1.68. The lowest BCUT2D eigenvalue weighted by Crippen LogP contribution is -2.54. The molecule has 0 aromatic heterocycles. The van der Waals surface area contributed by atoms with Gasteiger partial charge in [-0.15, -0.1) is 0 Å². The Morgan fingerprint density at radius 1 is 1.11 bits per heavy atom. The zero-order valence-electron chi connectivity index (χ0n) is 20.7. The van der Waals surface area contributed by atoms with E-state index in [0.717, 1.165) is 10.5 Å². The number of aryl methyl sites for hydroxylation is 1. The van der Waals surface area contributed by atoms with Crippen LogP contribution in [-0.4, -0.2) is 78.0 Å². The van der Waals surface area contributed by atoms with Gasteiger partial charge in [-0.25, -0.2) is 4.79 Å². The zero-order valence-corrected chi connectivity index (χ0v) is 20.7. The lowest BCUT2D eigenvalue weighted by Gasteiger charge is -2.27. The number of nitrogens with one attached hydrogen (secondary N) is 1. The molecule has 1 aromatic rings. The Kier molecular flexibility index (Phi) is 8.26. The highest BCUT2D eigenvalue weighted by Crippen LogP contribution is 2.30. The van der Waals surface area contributed by atoms with Crippen LogP contribution in [0.3, 0.4) is 0 Å². The van der Waals surface area contributed by atoms with Crippen molar-refractivity contribution in [3.8, 4) is 0 Å². The van der Waals surface area contributed by atoms with Crippen molar-refractivity contribution in [3.05, 3.63) is 34.9 Å². The number of hydrogen-bond donors (Lipinski definition) is 1. The minimum atomic E-state index is -0.977. The molecule has 1 saturated heterocycles. The monoisotopic (exact) mass is 487 g/mol. The molecule has 5 amide bonds. The lowest BCUT2D eigenvalue weighted by atomic mass is 9.99. The summed E-state index contributed by atoms with van der Waals surface area (Å²) in [4.78, 5) is 64.1. The van der Waals surface area contributed by atoms with Crippen LogP contribution < -0.4 is 5.32 Å². The Morgan fingerprint density at radius 2 is 1.83 bits per heavy atom. The van der Waals surface area contributed by atoms with E-state index in [4.69, 9.17) is 9.47 Å². The SMILES string of the molecule is CN(CCCOCCCc1cccc2c1C(=O)N(C1CCC(=O)NC1=O)C2=O)C(=O)OC(C)(C)C. The maximum absolute atomic E-state index is 13.1. The molecule has 1 fully saturated rings. The van der Waals surface area contributed by atoms with Crippen LogP contribution in [0.5, 0.6) is 0 Å². The van der Waals surface area contributed by atoms with E-state index in [-0.39, 0.29) is 24.5 Å². The molecule has 0 radical (unpaired) electrons. The number of rotatable bonds is 9. The van der Waals surface area contributed by atoms with Gasteiger partial charge in [0.25, 0.3) is 11.8 Å². The van der Waals surface area contributed by atoms with Crippen molar-refractivity contribution in [1.82, 2.24) is 15.1 Å². The van der Waals surface area contributed by atoms with Crippen molar-refractivity contribution in [3.63, 3.8) is 0 Å². The zero-order chi connectivity index (χ0) is 25.8. The predicted octanol–water partition coefficient (Wildman–Crippen LogP) is 2.29. The largest absolute Gasteiger partial charge is 0.444 e. The van der Waals surface area contributed by atoms with Crippen LogP contribution in [0.4, 0.5) is 4.79 Å². The number of piperidine rings is 1. The molecule has 0 saturated carbocycles. The van der Waals surface area contributed by atoms with E-state index in [2.05, 4.69) is 5.32 Å². The highest BCUT2D eigenvalue weighted by Gasteiger charge is 2.45. The summed E-state index contributed by atoms with van der Waals surface area (Å²) < 4.78 is 11.0. The number of hydrogen-bond acceptors (Lipinski definition) is 7. The lowest BCUT2D eigenvalue weighted by molar-refractivity contribution is -0.136. The first-order valence-electron chi connectivity index (χ1n) is 11.8. The average Bonchev–Trinajstić information content (AvgIpc) is 3.02. The third-order valence-electron chi connectivity index (χ3n) is 5.78. The molecule has 0 aliphatic carbocycles. The number of carbonyl (C=O) groups is 5. The highest BCUT2D eigenvalue weighted by atomic mass is 16.6. The number of ether oxygens (including phenoxy) is 2. The van der Waals surface area contributed by atoms with Crippen LogP contribution in [0.25, 0.3) is 0 Å². The number of amides is 5. The first kappa shape index (κ1) is 26.3. The maximum atomic E-state index is 13.1. The van der Waals surface area contributed by atoms with Gasteiger partial charge in [-0.3, -0.25) is 29.4 Å². The van der Waals surface area contributed by atoms with Crippen molar-refractivity contribution in [2.75, 3.05) is 26.8 Å². The Labute approximate surface area is 204 Å². The molecule has 35 heavy (non-hydrogen) atoms. The summed E-state index contributed by atoms with van der Waals surface area (Å²) in [6.07, 6.45) is 1.66. The van der Waals surface area contributed by atoms with Crippen LogP contribution in [0.2, 0.25) is 0 Å². The quantitative estimate of drug-likeness (QED) is 0.419. The summed E-state index contributed by atoms with van der Waals surface area (Å²) in [6.45, 7) is 6.90. The Balaban J connectivity index is 1.47. The van der Waals surface area contributed by atoms with E-state index in [1.807, 2.05) is 20.8 Å². The molecular formula is C25H33N3O7. The molecule has 0 bridgehead atoms. The van der Waals surface area contributed by atoms with Crippen molar-refractivity contribution < 1.29 is 33.4 Å². The minimum absolute atomic E-state index is 0.0849. The third kappa shape index (κ3) is 6.45. The summed E-state index contributed by atoms with van der Waals surface area (Å²) in [5.74, 6) is -2.03. The summed E-state index contributed by atoms with van der Waals surface area (Å²) in [5.41, 5.74) is 0.790. The van der Waals surface area contributed by atoms with Gasteiger partial charge >= 0.3 is 6.09 Å². The van der Waals surface area contributed by atoms with Gasteiger partial charge < -0.3 is 14.4 Å². The number of nitrogens with zero attached hydrogens (tertiary/aromatic N) is 2. The number of benzene rings is 1. The van der Waals surface area contributed by atoms with Crippen LogP contribution in [0, 0.1) is 0 Å². The van der Waals surface area contributed by atoms with Crippen LogP contribution in [-0.2, 0) is 25.5 Å². The molecule has 1 aromatic carbocycles. The van der Waals surface area contributed by atoms with Crippen molar-refractivity contribution in [1.29, 1.82) is 0 Å². The van der Waals surface area contributed by atoms with E-state index in [1.165, 1.54) is 4.90 Å². The van der Waals surface area contributed by atoms with Crippen molar-refractivity contribution in [2.45, 2.75) is 64.5 Å². The summed E-state index contributed by atoms with van der Waals surface area (Å²) >= 11 is 0. The molecule has 2 aliphatic heterocycles. The average molecular weight is 488 g/mol. The molecule has 10 heteroatoms. The molecule has 0 spiro atoms. The van der Waals surface area contributed by atoms with Gasteiger partial charge in [0.2, 0.25) is 11.8 Å². The van der Waals surface area contributed by atoms with Gasteiger partial charge in [-0.1, -0.05) is 12.1 Å². The van der Waals surface area contributed by atoms with Crippen LogP contribution >= 0.6 is 0 Å². The molecule has 10 nitrogen and oxygen atoms in total. The van der Waals surface area contributed by atoms with Gasteiger partial charge in [0.15, 0.2) is 0 Å². The highest BCUT2D eigenvalue weighted by molar-refractivity contribution is 6.24. The molecule has 1 unspecified atom stereocenters. The minimum Gasteiger partial charge on any atom is -0.444 e. The molecule has 3 rings (SSSR count). The van der Waals surface area contributed by atoms with E-state index in [0.29, 0.717) is 44.6 Å². The Hall–Kier alpha value is -3.27. The first-order chi connectivity index (χ1) is 16.5. The van der Waals surface area contributed by atoms with Gasteiger partial charge in [-0.2, -0.15) is 0 Å². The normalized spacial score (nSPS) is 17.9. The van der Waals surface area contributed by atoms with Gasteiger partial charge in [0, 0.05) is 33.2 Å². The van der Waals surface area contributed by atoms with Gasteiger partial charge in [0.05, 0.1) is 11.1 Å². The van der Waals surface area contributed by atoms with E-state index < -0.39 is 35.3 Å². The Bertz CT molecular complexity index is 1010. The standard InChI is InChI=1S/C25H33N3O7/c1-25(2,3)35-24(33)27(4)13-7-15-34-14-6-9-16-8-5-10-17-20(16)23(32)28(22(17)31)18-11-12-19(29)26-21(18)30/h5,8,10,18H,6-7,9,11-15H2,1-4H3,(H,26,29,30). The molecule has 2 aliphatic rings. The van der Waals surface area contributed by atoms with Crippen LogP contribution in [0.15, 0.2) is 18.2 Å². The maximum Gasteiger partial charge on any atom is 0.410 e. The molecule has 2 heterocycles. The molecule has 190 valence electrons. The third-order valence-corrected chi connectivity index (χ3v) is 5.78. The fourth-order valence-corrected chi connectivity index (χ4v) is 4.09. The number of fused-ring (bicyclic) bond motifs is 1. The summed E-state index contributed by atoms with van der Waals surface area (Å²) in [6, 6.07) is 4.13. The van der Waals surface area contributed by atoms with Crippen molar-refractivity contribution >= 4 is 29.7 Å². The van der Waals surface area contributed by atoms with E-state index in [1.54, 1.807) is 25.2 Å². The van der Waals surface area contributed by atoms with E-state index in [9.17, 15) is 24.0 Å². The second kappa shape index (κ2) is 11.0. The smallest absolute Gasteiger partial charge is 0.410 e. The molecule has 1 N–H and O–H groups in total. The number of imide groups is 2. The fraction of sp³-hybridized carbons (Fsp3) is 0.560. The number of carbonyl (C=O) groups excluding carboxylic acids is 5. The predicted molar refractivity (Wildman–Crippen MR) is 126 cm³/mol. The second-order valence-corrected chi connectivity index (χ2v) is 9.76. The van der Waals surface area contributed by atoms with E-state index >= 15 is 0 Å². The first-order valence-corrected chi connectivity index (χ1v) is 11.8. The molecule has 1 atom stereocenters.